The number of aliphatic hydroxyl groups excluding tert-OH is 1. The quantitative estimate of drug-likeness (QED) is 0.735. The summed E-state index contributed by atoms with van der Waals surface area (Å²) >= 11 is 5.85. The van der Waals surface area contributed by atoms with Gasteiger partial charge in [0.1, 0.15) is 0 Å². The van der Waals surface area contributed by atoms with Gasteiger partial charge in [-0.3, -0.25) is 0 Å². The maximum absolute atomic E-state index is 9.86. The summed E-state index contributed by atoms with van der Waals surface area (Å²) < 4.78 is 10.4. The van der Waals surface area contributed by atoms with Crippen LogP contribution in [0.4, 0.5) is 0 Å². The van der Waals surface area contributed by atoms with Gasteiger partial charge in [-0.1, -0.05) is 23.7 Å². The summed E-state index contributed by atoms with van der Waals surface area (Å²) in [6.07, 6.45) is -0.549. The van der Waals surface area contributed by atoms with Gasteiger partial charge in [0, 0.05) is 24.7 Å². The number of halogens is 1. The van der Waals surface area contributed by atoms with Crippen LogP contribution in [0.5, 0.6) is 0 Å². The molecule has 1 rings (SSSR count). The minimum atomic E-state index is -0.538. The zero-order valence-electron chi connectivity index (χ0n) is 12.3. The van der Waals surface area contributed by atoms with Gasteiger partial charge in [0.15, 0.2) is 0 Å². The van der Waals surface area contributed by atoms with Crippen LogP contribution in [-0.2, 0) is 9.47 Å². The fourth-order valence-electron chi connectivity index (χ4n) is 1.80. The number of methoxy groups -OCH3 is 1. The molecule has 0 aliphatic heterocycles. The van der Waals surface area contributed by atoms with Crippen molar-refractivity contribution in [2.45, 2.75) is 32.1 Å². The van der Waals surface area contributed by atoms with Crippen LogP contribution in [0.2, 0.25) is 5.02 Å². The Labute approximate surface area is 126 Å². The van der Waals surface area contributed by atoms with E-state index in [1.807, 2.05) is 38.1 Å². The van der Waals surface area contributed by atoms with E-state index < -0.39 is 6.10 Å². The summed E-state index contributed by atoms with van der Waals surface area (Å²) in [6.45, 7) is 5.26. The highest BCUT2D eigenvalue weighted by molar-refractivity contribution is 6.30. The second-order valence-electron chi connectivity index (χ2n) is 4.93. The second-order valence-corrected chi connectivity index (χ2v) is 5.37. The van der Waals surface area contributed by atoms with Gasteiger partial charge in [0.2, 0.25) is 0 Å². The molecule has 0 saturated carbocycles. The molecule has 2 N–H and O–H groups in total. The Morgan fingerprint density at radius 3 is 2.45 bits per heavy atom. The number of hydrogen-bond acceptors (Lipinski definition) is 4. The molecule has 4 nitrogen and oxygen atoms in total. The average molecular weight is 302 g/mol. The molecule has 1 aromatic rings. The number of rotatable bonds is 9. The number of aliphatic hydroxyl groups is 1. The van der Waals surface area contributed by atoms with Gasteiger partial charge in [-0.05, 0) is 31.5 Å². The predicted molar refractivity (Wildman–Crippen MR) is 81.2 cm³/mol. The minimum Gasteiger partial charge on any atom is -0.389 e. The topological polar surface area (TPSA) is 50.7 Å². The Morgan fingerprint density at radius 1 is 1.20 bits per heavy atom. The van der Waals surface area contributed by atoms with E-state index in [1.54, 1.807) is 7.11 Å². The molecule has 0 aromatic heterocycles. The van der Waals surface area contributed by atoms with Crippen LogP contribution in [0.15, 0.2) is 24.3 Å². The number of ether oxygens (including phenoxy) is 2. The van der Waals surface area contributed by atoms with Crippen LogP contribution in [-0.4, -0.2) is 44.2 Å². The van der Waals surface area contributed by atoms with E-state index in [2.05, 4.69) is 5.32 Å². The minimum absolute atomic E-state index is 0.0108. The first-order valence-electron chi connectivity index (χ1n) is 6.80. The fourth-order valence-corrected chi connectivity index (χ4v) is 1.93. The van der Waals surface area contributed by atoms with Gasteiger partial charge in [-0.2, -0.15) is 0 Å². The standard InChI is InChI=1S/C15H24ClNO3/c1-11(9-19-3)20-10-15(18)8-17-12(2)13-4-6-14(16)7-5-13/h4-7,11-12,15,17-18H,8-10H2,1-3H3/t11?,12-,15?/m0/s1. The van der Waals surface area contributed by atoms with Gasteiger partial charge < -0.3 is 19.9 Å². The molecular formula is C15H24ClNO3. The summed E-state index contributed by atoms with van der Waals surface area (Å²) in [5.41, 5.74) is 1.13. The van der Waals surface area contributed by atoms with Crippen molar-refractivity contribution in [3.8, 4) is 0 Å². The number of hydrogen-bond donors (Lipinski definition) is 2. The summed E-state index contributed by atoms with van der Waals surface area (Å²) in [4.78, 5) is 0. The van der Waals surface area contributed by atoms with Gasteiger partial charge in [0.25, 0.3) is 0 Å². The van der Waals surface area contributed by atoms with Crippen molar-refractivity contribution in [3.05, 3.63) is 34.9 Å². The molecule has 0 radical (unpaired) electrons. The largest absolute Gasteiger partial charge is 0.389 e. The summed E-state index contributed by atoms with van der Waals surface area (Å²) in [6, 6.07) is 7.83. The third-order valence-corrected chi connectivity index (χ3v) is 3.26. The van der Waals surface area contributed by atoms with Gasteiger partial charge in [-0.15, -0.1) is 0 Å². The van der Waals surface area contributed by atoms with E-state index in [4.69, 9.17) is 21.1 Å². The molecule has 0 fully saturated rings. The first-order chi connectivity index (χ1) is 9.52. The van der Waals surface area contributed by atoms with Crippen LogP contribution >= 0.6 is 11.6 Å². The molecule has 0 amide bonds. The Kier molecular flexibility index (Phi) is 8.11. The lowest BCUT2D eigenvalue weighted by molar-refractivity contribution is -0.0315. The monoisotopic (exact) mass is 301 g/mol. The second kappa shape index (κ2) is 9.32. The Balaban J connectivity index is 2.26. The highest BCUT2D eigenvalue weighted by atomic mass is 35.5. The SMILES string of the molecule is COCC(C)OCC(O)CN[C@@H](C)c1ccc(Cl)cc1. The smallest absolute Gasteiger partial charge is 0.0898 e. The summed E-state index contributed by atoms with van der Waals surface area (Å²) in [5, 5.41) is 13.8. The molecule has 0 bridgehead atoms. The molecule has 0 heterocycles. The zero-order chi connectivity index (χ0) is 15.0. The lowest BCUT2D eigenvalue weighted by Gasteiger charge is -2.19. The van der Waals surface area contributed by atoms with Crippen molar-refractivity contribution < 1.29 is 14.6 Å². The molecule has 0 spiro atoms. The van der Waals surface area contributed by atoms with Crippen LogP contribution in [0.1, 0.15) is 25.5 Å². The van der Waals surface area contributed by atoms with Crippen LogP contribution in [0.25, 0.3) is 0 Å². The highest BCUT2D eigenvalue weighted by Gasteiger charge is 2.10. The third-order valence-electron chi connectivity index (χ3n) is 3.00. The molecule has 0 aliphatic rings. The van der Waals surface area contributed by atoms with Crippen LogP contribution in [0, 0.1) is 0 Å². The molecule has 0 aliphatic carbocycles. The maximum Gasteiger partial charge on any atom is 0.0898 e. The first kappa shape index (κ1) is 17.4. The van der Waals surface area contributed by atoms with Crippen LogP contribution < -0.4 is 5.32 Å². The lowest BCUT2D eigenvalue weighted by atomic mass is 10.1. The zero-order valence-corrected chi connectivity index (χ0v) is 13.1. The van der Waals surface area contributed by atoms with E-state index in [-0.39, 0.29) is 12.1 Å². The van der Waals surface area contributed by atoms with Crippen molar-refractivity contribution in [3.63, 3.8) is 0 Å². The van der Waals surface area contributed by atoms with Crippen molar-refractivity contribution in [2.24, 2.45) is 0 Å². The normalized spacial score (nSPS) is 15.8. The van der Waals surface area contributed by atoms with Gasteiger partial charge in [-0.25, -0.2) is 0 Å². The molecule has 2 unspecified atom stereocenters. The molecule has 114 valence electrons. The van der Waals surface area contributed by atoms with Crippen molar-refractivity contribution in [1.29, 1.82) is 0 Å². The summed E-state index contributed by atoms with van der Waals surface area (Å²) in [7, 11) is 1.63. The predicted octanol–water partition coefficient (Wildman–Crippen LogP) is 2.40. The molecule has 20 heavy (non-hydrogen) atoms. The Bertz CT molecular complexity index is 372. The summed E-state index contributed by atoms with van der Waals surface area (Å²) in [5.74, 6) is 0. The van der Waals surface area contributed by atoms with Crippen molar-refractivity contribution in [2.75, 3.05) is 26.9 Å². The molecule has 3 atom stereocenters. The molecule has 0 saturated heterocycles. The lowest BCUT2D eigenvalue weighted by Crippen LogP contribution is -2.33. The van der Waals surface area contributed by atoms with Crippen LogP contribution in [0.3, 0.4) is 0 Å². The van der Waals surface area contributed by atoms with Gasteiger partial charge >= 0.3 is 0 Å². The molecular weight excluding hydrogens is 278 g/mol. The van der Waals surface area contributed by atoms with E-state index in [0.29, 0.717) is 19.8 Å². The first-order valence-corrected chi connectivity index (χ1v) is 7.18. The Morgan fingerprint density at radius 2 is 1.85 bits per heavy atom. The fraction of sp³-hybridized carbons (Fsp3) is 0.600. The number of benzene rings is 1. The van der Waals surface area contributed by atoms with E-state index >= 15 is 0 Å². The Hall–Kier alpha value is -0.650. The van der Waals surface area contributed by atoms with Gasteiger partial charge in [0.05, 0.1) is 25.4 Å². The van der Waals surface area contributed by atoms with Crippen molar-refractivity contribution >= 4 is 11.6 Å². The van der Waals surface area contributed by atoms with E-state index in [0.717, 1.165) is 10.6 Å². The van der Waals surface area contributed by atoms with Crippen molar-refractivity contribution in [1.82, 2.24) is 5.32 Å². The van der Waals surface area contributed by atoms with E-state index in [9.17, 15) is 5.11 Å². The van der Waals surface area contributed by atoms with E-state index in [1.165, 1.54) is 0 Å². The third kappa shape index (κ3) is 6.68. The molecule has 1 aromatic carbocycles. The maximum atomic E-state index is 9.86. The molecule has 5 heteroatoms. The number of nitrogens with one attached hydrogen (secondary N) is 1. The highest BCUT2D eigenvalue weighted by Crippen LogP contribution is 2.15. The average Bonchev–Trinajstić information content (AvgIpc) is 2.43.